The molecule has 3 aromatic rings. The molecule has 30 heavy (non-hydrogen) atoms. The Morgan fingerprint density at radius 1 is 1.17 bits per heavy atom. The lowest BCUT2D eigenvalue weighted by molar-refractivity contribution is -0.113. The fourth-order valence-electron chi connectivity index (χ4n) is 2.89. The smallest absolute Gasteiger partial charge is 0.234 e. The summed E-state index contributed by atoms with van der Waals surface area (Å²) in [6.07, 6.45) is 4.10. The Labute approximate surface area is 185 Å². The maximum Gasteiger partial charge on any atom is 0.234 e. The van der Waals surface area contributed by atoms with Crippen molar-refractivity contribution in [3.05, 3.63) is 48.5 Å². The van der Waals surface area contributed by atoms with Gasteiger partial charge in [-0.05, 0) is 55.1 Å². The number of thioether (sulfide) groups is 2. The van der Waals surface area contributed by atoms with Crippen LogP contribution in [0, 0.1) is 0 Å². The molecule has 6 nitrogen and oxygen atoms in total. The first kappa shape index (κ1) is 22.2. The van der Waals surface area contributed by atoms with Crippen molar-refractivity contribution in [2.24, 2.45) is 0 Å². The molecule has 0 fully saturated rings. The van der Waals surface area contributed by atoms with E-state index in [2.05, 4.69) is 27.0 Å². The molecule has 3 rings (SSSR count). The number of ether oxygens (including phenoxy) is 1. The average molecular weight is 443 g/mol. The molecule has 0 radical (unpaired) electrons. The van der Waals surface area contributed by atoms with Crippen LogP contribution in [0.3, 0.4) is 0 Å². The highest BCUT2D eigenvalue weighted by Crippen LogP contribution is 2.26. The number of aromatic nitrogens is 3. The van der Waals surface area contributed by atoms with E-state index in [9.17, 15) is 4.79 Å². The Morgan fingerprint density at radius 2 is 1.97 bits per heavy atom. The molecule has 0 spiro atoms. The van der Waals surface area contributed by atoms with Gasteiger partial charge in [-0.25, -0.2) is 0 Å². The second-order valence-electron chi connectivity index (χ2n) is 6.61. The molecule has 8 heteroatoms. The highest BCUT2D eigenvalue weighted by atomic mass is 32.2. The molecule has 1 aromatic heterocycles. The minimum Gasteiger partial charge on any atom is -0.497 e. The van der Waals surface area contributed by atoms with Gasteiger partial charge in [0.05, 0.1) is 12.9 Å². The molecular formula is C22H26N4O2S2. The van der Waals surface area contributed by atoms with Gasteiger partial charge >= 0.3 is 0 Å². The van der Waals surface area contributed by atoms with E-state index in [0.717, 1.165) is 52.3 Å². The molecule has 0 unspecified atom stereocenters. The zero-order valence-corrected chi connectivity index (χ0v) is 19.1. The monoisotopic (exact) mass is 442 g/mol. The molecule has 158 valence electrons. The number of amides is 1. The van der Waals surface area contributed by atoms with Crippen molar-refractivity contribution >= 4 is 35.1 Å². The van der Waals surface area contributed by atoms with Gasteiger partial charge in [0.2, 0.25) is 5.91 Å². The summed E-state index contributed by atoms with van der Waals surface area (Å²) in [6.45, 7) is 2.96. The van der Waals surface area contributed by atoms with Crippen LogP contribution >= 0.6 is 23.5 Å². The molecule has 0 aliphatic heterocycles. The maximum atomic E-state index is 12.4. The predicted molar refractivity (Wildman–Crippen MR) is 124 cm³/mol. The summed E-state index contributed by atoms with van der Waals surface area (Å²) in [6, 6.07) is 15.6. The summed E-state index contributed by atoms with van der Waals surface area (Å²) in [5.41, 5.74) is 1.78. The minimum absolute atomic E-state index is 0.0608. The summed E-state index contributed by atoms with van der Waals surface area (Å²) in [4.78, 5) is 13.6. The Morgan fingerprint density at radius 3 is 2.67 bits per heavy atom. The number of carbonyl (C=O) groups is 1. The van der Waals surface area contributed by atoms with Gasteiger partial charge < -0.3 is 14.6 Å². The number of unbranched alkanes of at least 4 members (excludes halogenated alkanes) is 1. The largest absolute Gasteiger partial charge is 0.497 e. The van der Waals surface area contributed by atoms with Gasteiger partial charge in [0, 0.05) is 22.7 Å². The molecule has 0 bridgehead atoms. The van der Waals surface area contributed by atoms with Crippen molar-refractivity contribution < 1.29 is 9.53 Å². The SMILES string of the molecule is CCCCn1c(SCC(=O)Nc2cccc(SC)c2)nnc1-c1ccc(OC)cc1. The number of nitrogens with zero attached hydrogens (tertiary/aromatic N) is 3. The van der Waals surface area contributed by atoms with E-state index in [-0.39, 0.29) is 11.7 Å². The van der Waals surface area contributed by atoms with E-state index in [0.29, 0.717) is 0 Å². The lowest BCUT2D eigenvalue weighted by Gasteiger charge is -2.10. The molecule has 1 N–H and O–H groups in total. The summed E-state index contributed by atoms with van der Waals surface area (Å²) >= 11 is 3.05. The maximum absolute atomic E-state index is 12.4. The number of hydrogen-bond donors (Lipinski definition) is 1. The third kappa shape index (κ3) is 5.79. The van der Waals surface area contributed by atoms with Crippen LogP contribution in [0.25, 0.3) is 11.4 Å². The van der Waals surface area contributed by atoms with Gasteiger partial charge in [0.1, 0.15) is 5.75 Å². The van der Waals surface area contributed by atoms with Crippen LogP contribution in [0.15, 0.2) is 58.6 Å². The molecule has 1 amide bonds. The quantitative estimate of drug-likeness (QED) is 0.435. The Kier molecular flexibility index (Phi) is 8.21. The van der Waals surface area contributed by atoms with Gasteiger partial charge in [-0.1, -0.05) is 31.2 Å². The van der Waals surface area contributed by atoms with Crippen molar-refractivity contribution in [2.45, 2.75) is 36.4 Å². The number of methoxy groups -OCH3 is 1. The van der Waals surface area contributed by atoms with Gasteiger partial charge in [-0.2, -0.15) is 0 Å². The fraction of sp³-hybridized carbons (Fsp3) is 0.318. The van der Waals surface area contributed by atoms with E-state index in [4.69, 9.17) is 4.74 Å². The zero-order chi connectivity index (χ0) is 21.3. The number of rotatable bonds is 10. The topological polar surface area (TPSA) is 69.0 Å². The highest BCUT2D eigenvalue weighted by molar-refractivity contribution is 7.99. The third-order valence-corrected chi connectivity index (χ3v) is 6.18. The van der Waals surface area contributed by atoms with Crippen LogP contribution in [-0.4, -0.2) is 39.8 Å². The number of benzene rings is 2. The lowest BCUT2D eigenvalue weighted by Crippen LogP contribution is -2.14. The van der Waals surface area contributed by atoms with Gasteiger partial charge in [0.15, 0.2) is 11.0 Å². The van der Waals surface area contributed by atoms with Crippen LogP contribution in [0.4, 0.5) is 5.69 Å². The second-order valence-corrected chi connectivity index (χ2v) is 8.43. The molecular weight excluding hydrogens is 416 g/mol. The summed E-state index contributed by atoms with van der Waals surface area (Å²) in [5.74, 6) is 1.82. The number of hydrogen-bond acceptors (Lipinski definition) is 6. The van der Waals surface area contributed by atoms with Gasteiger partial charge in [-0.3, -0.25) is 4.79 Å². The minimum atomic E-state index is -0.0608. The molecule has 0 aliphatic rings. The van der Waals surface area contributed by atoms with Crippen LogP contribution in [0.5, 0.6) is 5.75 Å². The molecule has 1 heterocycles. The second kappa shape index (κ2) is 11.1. The van der Waals surface area contributed by atoms with Crippen molar-refractivity contribution in [3.8, 4) is 17.1 Å². The van der Waals surface area contributed by atoms with E-state index >= 15 is 0 Å². The van der Waals surface area contributed by atoms with E-state index in [1.165, 1.54) is 11.8 Å². The number of carbonyl (C=O) groups excluding carboxylic acids is 1. The summed E-state index contributed by atoms with van der Waals surface area (Å²) in [5, 5.41) is 12.5. The molecule has 0 aliphatic carbocycles. The summed E-state index contributed by atoms with van der Waals surface area (Å²) in [7, 11) is 1.65. The Bertz CT molecular complexity index is 974. The van der Waals surface area contributed by atoms with E-state index in [1.807, 2.05) is 54.8 Å². The van der Waals surface area contributed by atoms with Crippen LogP contribution < -0.4 is 10.1 Å². The van der Waals surface area contributed by atoms with E-state index in [1.54, 1.807) is 18.9 Å². The van der Waals surface area contributed by atoms with Crippen LogP contribution in [0.1, 0.15) is 19.8 Å². The van der Waals surface area contributed by atoms with Crippen molar-refractivity contribution in [2.75, 3.05) is 24.4 Å². The Balaban J connectivity index is 1.71. The van der Waals surface area contributed by atoms with Gasteiger partial charge in [-0.15, -0.1) is 22.0 Å². The van der Waals surface area contributed by atoms with Crippen molar-refractivity contribution in [1.29, 1.82) is 0 Å². The van der Waals surface area contributed by atoms with Crippen molar-refractivity contribution in [1.82, 2.24) is 14.8 Å². The zero-order valence-electron chi connectivity index (χ0n) is 17.4. The first-order valence-corrected chi connectivity index (χ1v) is 12.0. The van der Waals surface area contributed by atoms with Crippen molar-refractivity contribution in [3.63, 3.8) is 0 Å². The standard InChI is InChI=1S/C22H26N4O2S2/c1-4-5-13-26-21(16-9-11-18(28-2)12-10-16)24-25-22(26)30-15-20(27)23-17-7-6-8-19(14-17)29-3/h6-12,14H,4-5,13,15H2,1-3H3,(H,23,27). The first-order valence-electron chi connectivity index (χ1n) is 9.79. The highest BCUT2D eigenvalue weighted by Gasteiger charge is 2.16. The lowest BCUT2D eigenvalue weighted by atomic mass is 10.2. The van der Waals surface area contributed by atoms with Gasteiger partial charge in [0.25, 0.3) is 0 Å². The van der Waals surface area contributed by atoms with E-state index < -0.39 is 0 Å². The normalized spacial score (nSPS) is 10.8. The fourth-order valence-corrected chi connectivity index (χ4v) is 4.12. The van der Waals surface area contributed by atoms with Crippen LogP contribution in [0.2, 0.25) is 0 Å². The first-order chi connectivity index (χ1) is 14.6. The predicted octanol–water partition coefficient (Wildman–Crippen LogP) is 5.21. The molecule has 0 saturated heterocycles. The Hall–Kier alpha value is -2.45. The summed E-state index contributed by atoms with van der Waals surface area (Å²) < 4.78 is 7.34. The molecule has 0 atom stereocenters. The number of anilines is 1. The number of nitrogens with one attached hydrogen (secondary N) is 1. The molecule has 0 saturated carbocycles. The molecule has 2 aromatic carbocycles. The average Bonchev–Trinajstić information content (AvgIpc) is 3.19. The third-order valence-electron chi connectivity index (χ3n) is 4.49. The van der Waals surface area contributed by atoms with Crippen LogP contribution in [-0.2, 0) is 11.3 Å².